The maximum Gasteiger partial charge on any atom is 0.365 e. The fraction of sp³-hybridized carbons (Fsp3) is 0.182. The van der Waals surface area contributed by atoms with Crippen LogP contribution in [0, 0.1) is 0 Å². The van der Waals surface area contributed by atoms with Crippen molar-refractivity contribution in [1.29, 1.82) is 0 Å². The van der Waals surface area contributed by atoms with Gasteiger partial charge in [-0.3, -0.25) is 4.79 Å². The molecule has 0 spiro atoms. The lowest BCUT2D eigenvalue weighted by atomic mass is 9.93. The van der Waals surface area contributed by atoms with Gasteiger partial charge in [0, 0.05) is 15.4 Å². The van der Waals surface area contributed by atoms with E-state index in [1.807, 2.05) is 72.8 Å². The van der Waals surface area contributed by atoms with Gasteiger partial charge in [-0.15, -0.1) is 0 Å². The van der Waals surface area contributed by atoms with Crippen LogP contribution in [0.4, 0.5) is 0 Å². The molecular weight excluding hydrogens is 490 g/mol. The van der Waals surface area contributed by atoms with Crippen LogP contribution in [-0.4, -0.2) is 17.5 Å². The molecule has 4 nitrogen and oxygen atoms in total. The molecule has 4 aromatic carbocycles. The van der Waals surface area contributed by atoms with Gasteiger partial charge in [0.25, 0.3) is 0 Å². The summed E-state index contributed by atoms with van der Waals surface area (Å²) in [6.07, 6.45) is 4.38. The molecule has 0 heterocycles. The second-order valence-electron chi connectivity index (χ2n) is 8.91. The van der Waals surface area contributed by atoms with Gasteiger partial charge in [0.05, 0.1) is 5.56 Å². The Morgan fingerprint density at radius 2 is 1.39 bits per heavy atom. The zero-order valence-corrected chi connectivity index (χ0v) is 22.3. The standard InChI is InChI=1S/C33H31NO3S/c1-2-3-4-14-21-31(34-37-33(36)26-17-10-6-11-18-26)32(35)29-23-22-28(38-27-19-12-7-13-20-27)24-30(29)25-15-8-5-9-16-25/h5-13,15-20,22-24H,2-4,14,21H2,1H3. The molecule has 4 aromatic rings. The minimum Gasteiger partial charge on any atom is -0.312 e. The first kappa shape index (κ1) is 27.1. The van der Waals surface area contributed by atoms with Crippen LogP contribution >= 0.6 is 11.8 Å². The van der Waals surface area contributed by atoms with E-state index in [9.17, 15) is 9.59 Å². The van der Waals surface area contributed by atoms with E-state index in [-0.39, 0.29) is 11.5 Å². The van der Waals surface area contributed by atoms with Crippen molar-refractivity contribution in [2.75, 3.05) is 0 Å². The Hall–Kier alpha value is -3.96. The van der Waals surface area contributed by atoms with Crippen molar-refractivity contribution in [1.82, 2.24) is 0 Å². The van der Waals surface area contributed by atoms with Gasteiger partial charge in [-0.25, -0.2) is 4.79 Å². The van der Waals surface area contributed by atoms with E-state index in [4.69, 9.17) is 4.84 Å². The number of oxime groups is 1. The Balaban J connectivity index is 1.66. The average molecular weight is 522 g/mol. The molecule has 38 heavy (non-hydrogen) atoms. The molecule has 0 aliphatic heterocycles. The summed E-state index contributed by atoms with van der Waals surface area (Å²) in [6, 6.07) is 34.6. The summed E-state index contributed by atoms with van der Waals surface area (Å²) < 4.78 is 0. The van der Waals surface area contributed by atoms with Gasteiger partial charge in [0.1, 0.15) is 5.71 Å². The third-order valence-corrected chi connectivity index (χ3v) is 7.07. The van der Waals surface area contributed by atoms with Gasteiger partial charge in [0.15, 0.2) is 0 Å². The zero-order chi connectivity index (χ0) is 26.6. The minimum absolute atomic E-state index is 0.225. The van der Waals surface area contributed by atoms with Crippen LogP contribution in [0.1, 0.15) is 59.7 Å². The van der Waals surface area contributed by atoms with E-state index in [0.29, 0.717) is 17.5 Å². The van der Waals surface area contributed by atoms with Crippen molar-refractivity contribution < 1.29 is 14.4 Å². The van der Waals surface area contributed by atoms with Gasteiger partial charge in [-0.1, -0.05) is 110 Å². The van der Waals surface area contributed by atoms with Crippen molar-refractivity contribution in [3.05, 3.63) is 120 Å². The highest BCUT2D eigenvalue weighted by Gasteiger charge is 2.21. The molecule has 4 rings (SSSR count). The molecule has 0 radical (unpaired) electrons. The van der Waals surface area contributed by atoms with Gasteiger partial charge in [-0.2, -0.15) is 0 Å². The lowest BCUT2D eigenvalue weighted by molar-refractivity contribution is 0.0514. The molecule has 0 saturated carbocycles. The number of unbranched alkanes of at least 4 members (excludes halogenated alkanes) is 3. The molecule has 0 aliphatic rings. The minimum atomic E-state index is -0.581. The SMILES string of the molecule is CCCCCCC(=NOC(=O)c1ccccc1)C(=O)c1ccc(Sc2ccccc2)cc1-c1ccccc1. The van der Waals surface area contributed by atoms with Crippen molar-refractivity contribution >= 4 is 29.2 Å². The lowest BCUT2D eigenvalue weighted by Gasteiger charge is -2.13. The summed E-state index contributed by atoms with van der Waals surface area (Å²) in [4.78, 5) is 33.9. The van der Waals surface area contributed by atoms with Crippen molar-refractivity contribution in [3.63, 3.8) is 0 Å². The predicted octanol–water partition coefficient (Wildman–Crippen LogP) is 8.87. The summed E-state index contributed by atoms with van der Waals surface area (Å²) in [6.45, 7) is 2.14. The predicted molar refractivity (Wildman–Crippen MR) is 155 cm³/mol. The third kappa shape index (κ3) is 7.53. The van der Waals surface area contributed by atoms with Crippen LogP contribution in [0.3, 0.4) is 0 Å². The van der Waals surface area contributed by atoms with E-state index in [2.05, 4.69) is 24.2 Å². The lowest BCUT2D eigenvalue weighted by Crippen LogP contribution is -2.17. The van der Waals surface area contributed by atoms with Crippen LogP contribution in [-0.2, 0) is 4.84 Å². The number of rotatable bonds is 12. The Labute approximate surface area is 228 Å². The number of carbonyl (C=O) groups is 2. The van der Waals surface area contributed by atoms with Crippen molar-refractivity contribution in [3.8, 4) is 11.1 Å². The number of nitrogens with zero attached hydrogens (tertiary/aromatic N) is 1. The second-order valence-corrected chi connectivity index (χ2v) is 10.1. The van der Waals surface area contributed by atoms with Gasteiger partial charge < -0.3 is 4.84 Å². The highest BCUT2D eigenvalue weighted by molar-refractivity contribution is 7.99. The number of Topliss-reactive ketones (excluding diaryl/α,β-unsaturated/α-hetero) is 1. The number of ketones is 1. The van der Waals surface area contributed by atoms with Crippen molar-refractivity contribution in [2.45, 2.75) is 48.8 Å². The summed E-state index contributed by atoms with van der Waals surface area (Å²) in [5.41, 5.74) is 2.95. The maximum absolute atomic E-state index is 13.9. The van der Waals surface area contributed by atoms with Gasteiger partial charge in [0.2, 0.25) is 5.78 Å². The first-order valence-electron chi connectivity index (χ1n) is 13.0. The van der Waals surface area contributed by atoms with E-state index in [1.165, 1.54) is 0 Å². The molecule has 0 unspecified atom stereocenters. The molecule has 0 aliphatic carbocycles. The quantitative estimate of drug-likeness (QED) is 0.0614. The third-order valence-electron chi connectivity index (χ3n) is 6.08. The largest absolute Gasteiger partial charge is 0.365 e. The maximum atomic E-state index is 13.9. The van der Waals surface area contributed by atoms with E-state index >= 15 is 0 Å². The number of carbonyl (C=O) groups excluding carboxylic acids is 2. The fourth-order valence-electron chi connectivity index (χ4n) is 4.06. The molecule has 0 saturated heterocycles. The van der Waals surface area contributed by atoms with Gasteiger partial charge >= 0.3 is 5.97 Å². The number of benzene rings is 4. The molecular formula is C33H31NO3S. The molecule has 0 bridgehead atoms. The number of hydrogen-bond acceptors (Lipinski definition) is 5. The Bertz CT molecular complexity index is 1370. The second kappa shape index (κ2) is 14.1. The molecule has 0 aromatic heterocycles. The van der Waals surface area contributed by atoms with E-state index in [1.54, 1.807) is 36.0 Å². The Morgan fingerprint density at radius 3 is 2.08 bits per heavy atom. The average Bonchev–Trinajstić information content (AvgIpc) is 2.98. The summed E-state index contributed by atoms with van der Waals surface area (Å²) in [7, 11) is 0. The first-order valence-corrected chi connectivity index (χ1v) is 13.8. The molecule has 0 amide bonds. The molecule has 0 N–H and O–H groups in total. The van der Waals surface area contributed by atoms with Crippen LogP contribution in [0.15, 0.2) is 124 Å². The highest BCUT2D eigenvalue weighted by Crippen LogP contribution is 2.33. The fourth-order valence-corrected chi connectivity index (χ4v) is 4.94. The van der Waals surface area contributed by atoms with Crippen LogP contribution in [0.2, 0.25) is 0 Å². The van der Waals surface area contributed by atoms with E-state index in [0.717, 1.165) is 46.6 Å². The zero-order valence-electron chi connectivity index (χ0n) is 21.5. The molecule has 0 atom stereocenters. The van der Waals surface area contributed by atoms with Crippen LogP contribution in [0.25, 0.3) is 11.1 Å². The molecule has 192 valence electrons. The monoisotopic (exact) mass is 521 g/mol. The first-order chi connectivity index (χ1) is 18.7. The van der Waals surface area contributed by atoms with Crippen LogP contribution in [0.5, 0.6) is 0 Å². The molecule has 5 heteroatoms. The number of hydrogen-bond donors (Lipinski definition) is 0. The molecule has 0 fully saturated rings. The Kier molecular flexibility index (Phi) is 10.1. The summed E-state index contributed by atoms with van der Waals surface area (Å²) >= 11 is 1.65. The Morgan fingerprint density at radius 1 is 0.737 bits per heavy atom. The normalized spacial score (nSPS) is 11.2. The topological polar surface area (TPSA) is 55.7 Å². The van der Waals surface area contributed by atoms with E-state index < -0.39 is 5.97 Å². The summed E-state index contributed by atoms with van der Waals surface area (Å²) in [5.74, 6) is -0.806. The van der Waals surface area contributed by atoms with Gasteiger partial charge in [-0.05, 0) is 66.4 Å². The van der Waals surface area contributed by atoms with Crippen molar-refractivity contribution in [2.24, 2.45) is 5.16 Å². The highest BCUT2D eigenvalue weighted by atomic mass is 32.2. The summed E-state index contributed by atoms with van der Waals surface area (Å²) in [5, 5.41) is 4.11. The smallest absolute Gasteiger partial charge is 0.312 e. The van der Waals surface area contributed by atoms with Crippen LogP contribution < -0.4 is 0 Å².